The summed E-state index contributed by atoms with van der Waals surface area (Å²) in [4.78, 5) is 6.65. The number of rotatable bonds is 5. The first-order chi connectivity index (χ1) is 8.74. The van der Waals surface area contributed by atoms with Gasteiger partial charge < -0.3 is 10.2 Å². The molecule has 1 saturated heterocycles. The molecule has 18 heavy (non-hydrogen) atoms. The van der Waals surface area contributed by atoms with E-state index in [2.05, 4.69) is 41.2 Å². The van der Waals surface area contributed by atoms with Crippen molar-refractivity contribution in [3.8, 4) is 0 Å². The number of hydrogen-bond acceptors (Lipinski definition) is 3. The van der Waals surface area contributed by atoms with Gasteiger partial charge in [0.1, 0.15) is 0 Å². The van der Waals surface area contributed by atoms with Gasteiger partial charge in [-0.1, -0.05) is 13.8 Å². The van der Waals surface area contributed by atoms with Gasteiger partial charge in [0, 0.05) is 44.6 Å². The lowest BCUT2D eigenvalue weighted by atomic mass is 10.0. The molecule has 3 heteroatoms. The molecule has 1 N–H and O–H groups in total. The van der Waals surface area contributed by atoms with Crippen LogP contribution in [0.1, 0.15) is 25.8 Å². The van der Waals surface area contributed by atoms with E-state index in [1.54, 1.807) is 0 Å². The third-order valence-corrected chi connectivity index (χ3v) is 3.56. The average molecular weight is 247 g/mol. The zero-order valence-corrected chi connectivity index (χ0v) is 11.6. The van der Waals surface area contributed by atoms with Crippen LogP contribution < -0.4 is 5.32 Å². The second-order valence-electron chi connectivity index (χ2n) is 5.69. The Morgan fingerprint density at radius 1 is 1.39 bits per heavy atom. The lowest BCUT2D eigenvalue weighted by molar-refractivity contribution is 0.188. The molecule has 1 aromatic rings. The first-order valence-electron chi connectivity index (χ1n) is 7.08. The first kappa shape index (κ1) is 13.5. The van der Waals surface area contributed by atoms with E-state index in [9.17, 15) is 0 Å². The highest BCUT2D eigenvalue weighted by atomic mass is 15.2. The van der Waals surface area contributed by atoms with Gasteiger partial charge in [-0.3, -0.25) is 4.98 Å². The Bertz CT molecular complexity index is 337. The van der Waals surface area contributed by atoms with Crippen molar-refractivity contribution in [3.05, 3.63) is 30.1 Å². The summed E-state index contributed by atoms with van der Waals surface area (Å²) < 4.78 is 0. The maximum Gasteiger partial charge on any atom is 0.0270 e. The molecule has 1 aliphatic heterocycles. The van der Waals surface area contributed by atoms with Crippen molar-refractivity contribution in [2.24, 2.45) is 5.92 Å². The molecule has 0 saturated carbocycles. The van der Waals surface area contributed by atoms with Gasteiger partial charge in [-0.25, -0.2) is 0 Å². The Labute approximate surface area is 111 Å². The van der Waals surface area contributed by atoms with Crippen LogP contribution in [-0.4, -0.2) is 42.1 Å². The van der Waals surface area contributed by atoms with Crippen molar-refractivity contribution < 1.29 is 0 Å². The number of nitrogens with one attached hydrogen (secondary N) is 1. The van der Waals surface area contributed by atoms with Gasteiger partial charge in [0.25, 0.3) is 0 Å². The molecule has 2 heterocycles. The summed E-state index contributed by atoms with van der Waals surface area (Å²) in [5.41, 5.74) is 1.39. The molecule has 0 aromatic carbocycles. The maximum atomic E-state index is 4.06. The SMILES string of the molecule is CC(C)CC1CN(CCc2ccncc2)CCN1. The quantitative estimate of drug-likeness (QED) is 0.862. The molecular weight excluding hydrogens is 222 g/mol. The third-order valence-electron chi connectivity index (χ3n) is 3.56. The van der Waals surface area contributed by atoms with Crippen molar-refractivity contribution in [1.29, 1.82) is 0 Å². The van der Waals surface area contributed by atoms with Crippen LogP contribution in [0.25, 0.3) is 0 Å². The van der Waals surface area contributed by atoms with Gasteiger partial charge in [0.2, 0.25) is 0 Å². The molecule has 0 radical (unpaired) electrons. The second kappa shape index (κ2) is 6.86. The van der Waals surface area contributed by atoms with E-state index in [4.69, 9.17) is 0 Å². The smallest absolute Gasteiger partial charge is 0.0270 e. The predicted octanol–water partition coefficient (Wildman–Crippen LogP) is 1.94. The molecule has 1 fully saturated rings. The minimum atomic E-state index is 0.677. The van der Waals surface area contributed by atoms with Crippen molar-refractivity contribution in [3.63, 3.8) is 0 Å². The van der Waals surface area contributed by atoms with Gasteiger partial charge in [0.05, 0.1) is 0 Å². The fraction of sp³-hybridized carbons (Fsp3) is 0.667. The molecule has 3 nitrogen and oxygen atoms in total. The summed E-state index contributed by atoms with van der Waals surface area (Å²) in [7, 11) is 0. The zero-order chi connectivity index (χ0) is 12.8. The molecule has 2 rings (SSSR count). The lowest BCUT2D eigenvalue weighted by Crippen LogP contribution is -2.51. The number of aromatic nitrogens is 1. The molecule has 0 bridgehead atoms. The molecule has 0 spiro atoms. The van der Waals surface area contributed by atoms with E-state index in [0.717, 1.165) is 18.9 Å². The molecule has 100 valence electrons. The molecule has 1 aromatic heterocycles. The summed E-state index contributed by atoms with van der Waals surface area (Å²) in [5.74, 6) is 0.780. The summed E-state index contributed by atoms with van der Waals surface area (Å²) >= 11 is 0. The molecule has 1 aliphatic rings. The van der Waals surface area contributed by atoms with Crippen LogP contribution in [0.15, 0.2) is 24.5 Å². The minimum absolute atomic E-state index is 0.677. The van der Waals surface area contributed by atoms with Crippen LogP contribution >= 0.6 is 0 Å². The summed E-state index contributed by atoms with van der Waals surface area (Å²) in [6.45, 7) is 9.28. The van der Waals surface area contributed by atoms with Crippen LogP contribution in [0.4, 0.5) is 0 Å². The third kappa shape index (κ3) is 4.39. The Morgan fingerprint density at radius 2 is 2.17 bits per heavy atom. The van der Waals surface area contributed by atoms with Crippen LogP contribution in [-0.2, 0) is 6.42 Å². The summed E-state index contributed by atoms with van der Waals surface area (Å²) in [6, 6.07) is 4.91. The minimum Gasteiger partial charge on any atom is -0.311 e. The van der Waals surface area contributed by atoms with Crippen LogP contribution in [0.3, 0.4) is 0 Å². The average Bonchev–Trinajstić information content (AvgIpc) is 2.37. The van der Waals surface area contributed by atoms with Gasteiger partial charge in [0.15, 0.2) is 0 Å². The van der Waals surface area contributed by atoms with Gasteiger partial charge in [-0.15, -0.1) is 0 Å². The predicted molar refractivity (Wildman–Crippen MR) is 75.6 cm³/mol. The molecule has 1 unspecified atom stereocenters. The van der Waals surface area contributed by atoms with Gasteiger partial charge in [-0.2, -0.15) is 0 Å². The van der Waals surface area contributed by atoms with Crippen LogP contribution in [0, 0.1) is 5.92 Å². The second-order valence-corrected chi connectivity index (χ2v) is 5.69. The highest BCUT2D eigenvalue weighted by Crippen LogP contribution is 2.10. The van der Waals surface area contributed by atoms with E-state index >= 15 is 0 Å². The van der Waals surface area contributed by atoms with Crippen molar-refractivity contribution in [1.82, 2.24) is 15.2 Å². The van der Waals surface area contributed by atoms with E-state index < -0.39 is 0 Å². The fourth-order valence-corrected chi connectivity index (χ4v) is 2.66. The summed E-state index contributed by atoms with van der Waals surface area (Å²) in [5, 5.41) is 3.63. The highest BCUT2D eigenvalue weighted by Gasteiger charge is 2.19. The lowest BCUT2D eigenvalue weighted by Gasteiger charge is -2.34. The highest BCUT2D eigenvalue weighted by molar-refractivity contribution is 5.10. The topological polar surface area (TPSA) is 28.2 Å². The number of pyridine rings is 1. The first-order valence-corrected chi connectivity index (χ1v) is 7.08. The maximum absolute atomic E-state index is 4.06. The van der Waals surface area contributed by atoms with Gasteiger partial charge in [-0.05, 0) is 36.5 Å². The van der Waals surface area contributed by atoms with Crippen molar-refractivity contribution in [2.75, 3.05) is 26.2 Å². The van der Waals surface area contributed by atoms with Crippen molar-refractivity contribution >= 4 is 0 Å². The van der Waals surface area contributed by atoms with Crippen LogP contribution in [0.2, 0.25) is 0 Å². The van der Waals surface area contributed by atoms with Crippen molar-refractivity contribution in [2.45, 2.75) is 32.7 Å². The Hall–Kier alpha value is -0.930. The van der Waals surface area contributed by atoms with Crippen LogP contribution in [0.5, 0.6) is 0 Å². The number of piperazine rings is 1. The number of hydrogen-bond donors (Lipinski definition) is 1. The summed E-state index contributed by atoms with van der Waals surface area (Å²) in [6.07, 6.45) is 6.19. The largest absolute Gasteiger partial charge is 0.311 e. The van der Waals surface area contributed by atoms with E-state index in [0.29, 0.717) is 6.04 Å². The Morgan fingerprint density at radius 3 is 2.89 bits per heavy atom. The fourth-order valence-electron chi connectivity index (χ4n) is 2.66. The molecule has 0 amide bonds. The monoisotopic (exact) mass is 247 g/mol. The Balaban J connectivity index is 1.76. The zero-order valence-electron chi connectivity index (χ0n) is 11.6. The molecular formula is C15H25N3. The van der Waals surface area contributed by atoms with Gasteiger partial charge >= 0.3 is 0 Å². The Kier molecular flexibility index (Phi) is 5.14. The molecule has 0 aliphatic carbocycles. The van der Waals surface area contributed by atoms with E-state index in [1.807, 2.05) is 12.4 Å². The number of nitrogens with zero attached hydrogens (tertiary/aromatic N) is 2. The van der Waals surface area contributed by atoms with E-state index in [-0.39, 0.29) is 0 Å². The standard InChI is InChI=1S/C15H25N3/c1-13(2)11-15-12-18(10-8-17-15)9-5-14-3-6-16-7-4-14/h3-4,6-7,13,15,17H,5,8-12H2,1-2H3. The molecule has 1 atom stereocenters. The normalized spacial score (nSPS) is 21.4. The van der Waals surface area contributed by atoms with E-state index in [1.165, 1.54) is 31.6 Å².